The van der Waals surface area contributed by atoms with Crippen LogP contribution in [0.1, 0.15) is 47.8 Å². The van der Waals surface area contributed by atoms with E-state index in [0.717, 1.165) is 39.2 Å². The molecule has 1 unspecified atom stereocenters. The first-order valence-corrected chi connectivity index (χ1v) is 13.3. The second-order valence-corrected chi connectivity index (χ2v) is 10.4. The standard InChI is InChI=1S/C27H34N4O4S/c1-4-31(5-2)26(34)20-8-6-7-19(15-20)23(17-30-12-11-21(32)16-30)29(3)25(33)14-18-9-10-24-22(13-18)28-27(35)36-24/h6-10,13,15,21,23,32H,4-5,11-12,14,16-17H2,1-3H3,(H,28,35)/t21-,23?/m0/s1. The fraction of sp³-hybridized carbons (Fsp3) is 0.444. The molecule has 2 atom stereocenters. The molecule has 9 heteroatoms. The van der Waals surface area contributed by atoms with Crippen molar-refractivity contribution in [3.8, 4) is 0 Å². The molecule has 3 aromatic rings. The van der Waals surface area contributed by atoms with Gasteiger partial charge < -0.3 is 19.9 Å². The van der Waals surface area contributed by atoms with Crippen molar-refractivity contribution < 1.29 is 14.7 Å². The first-order valence-electron chi connectivity index (χ1n) is 12.5. The number of aromatic amines is 1. The molecule has 1 aliphatic rings. The lowest BCUT2D eigenvalue weighted by molar-refractivity contribution is -0.131. The van der Waals surface area contributed by atoms with Gasteiger partial charge in [0.25, 0.3) is 5.91 Å². The summed E-state index contributed by atoms with van der Waals surface area (Å²) in [6, 6.07) is 12.9. The van der Waals surface area contributed by atoms with E-state index in [-0.39, 0.29) is 35.3 Å². The topological polar surface area (TPSA) is 96.9 Å². The molecule has 8 nitrogen and oxygen atoms in total. The zero-order valence-corrected chi connectivity index (χ0v) is 21.9. The van der Waals surface area contributed by atoms with Crippen LogP contribution < -0.4 is 4.87 Å². The van der Waals surface area contributed by atoms with Crippen molar-refractivity contribution in [2.45, 2.75) is 38.8 Å². The summed E-state index contributed by atoms with van der Waals surface area (Å²) in [5.41, 5.74) is 3.07. The largest absolute Gasteiger partial charge is 0.392 e. The lowest BCUT2D eigenvalue weighted by atomic mass is 10.0. The molecule has 1 aromatic heterocycles. The van der Waals surface area contributed by atoms with Gasteiger partial charge in [0.1, 0.15) is 0 Å². The van der Waals surface area contributed by atoms with Gasteiger partial charge >= 0.3 is 4.87 Å². The molecule has 1 fully saturated rings. The summed E-state index contributed by atoms with van der Waals surface area (Å²) < 4.78 is 0.865. The Bertz CT molecular complexity index is 1280. The number of likely N-dealkylation sites (N-methyl/N-ethyl adjacent to an activating group) is 1. The molecule has 2 N–H and O–H groups in total. The quantitative estimate of drug-likeness (QED) is 0.462. The Morgan fingerprint density at radius 3 is 2.67 bits per heavy atom. The number of aliphatic hydroxyl groups excluding tert-OH is 1. The van der Waals surface area contributed by atoms with Crippen molar-refractivity contribution in [2.24, 2.45) is 0 Å². The van der Waals surface area contributed by atoms with Crippen molar-refractivity contribution in [2.75, 3.05) is 39.8 Å². The maximum Gasteiger partial charge on any atom is 0.305 e. The highest BCUT2D eigenvalue weighted by atomic mass is 32.1. The second-order valence-electron chi connectivity index (χ2n) is 9.35. The summed E-state index contributed by atoms with van der Waals surface area (Å²) in [7, 11) is 1.80. The third-order valence-electron chi connectivity index (χ3n) is 6.95. The van der Waals surface area contributed by atoms with Gasteiger partial charge in [0.15, 0.2) is 0 Å². The normalized spacial score (nSPS) is 16.8. The molecular weight excluding hydrogens is 476 g/mol. The summed E-state index contributed by atoms with van der Waals surface area (Å²) in [6.07, 6.45) is 0.548. The first kappa shape index (κ1) is 26.1. The predicted octanol–water partition coefficient (Wildman–Crippen LogP) is 2.88. The van der Waals surface area contributed by atoms with Crippen LogP contribution in [-0.4, -0.2) is 82.5 Å². The summed E-state index contributed by atoms with van der Waals surface area (Å²) in [6.45, 7) is 7.09. The minimum absolute atomic E-state index is 0.0239. The van der Waals surface area contributed by atoms with Gasteiger partial charge in [0, 0.05) is 45.3 Å². The molecule has 0 radical (unpaired) electrons. The monoisotopic (exact) mass is 510 g/mol. The smallest absolute Gasteiger partial charge is 0.305 e. The van der Waals surface area contributed by atoms with Crippen molar-refractivity contribution in [3.63, 3.8) is 0 Å². The maximum absolute atomic E-state index is 13.4. The number of amides is 2. The van der Waals surface area contributed by atoms with E-state index in [1.807, 2.05) is 56.3 Å². The number of fused-ring (bicyclic) bond motifs is 1. The summed E-state index contributed by atoms with van der Waals surface area (Å²) in [4.78, 5) is 46.5. The molecule has 1 aliphatic heterocycles. The Labute approximate surface area is 215 Å². The van der Waals surface area contributed by atoms with Crippen LogP contribution in [0.4, 0.5) is 0 Å². The number of H-pyrrole nitrogens is 1. The van der Waals surface area contributed by atoms with E-state index in [1.165, 1.54) is 0 Å². The number of likely N-dealkylation sites (tertiary alicyclic amines) is 1. The Hall–Kier alpha value is -3.01. The Morgan fingerprint density at radius 1 is 1.19 bits per heavy atom. The van der Waals surface area contributed by atoms with Gasteiger partial charge in [-0.1, -0.05) is 29.5 Å². The number of nitrogens with zero attached hydrogens (tertiary/aromatic N) is 3. The van der Waals surface area contributed by atoms with E-state index in [2.05, 4.69) is 9.88 Å². The number of thiazole rings is 1. The van der Waals surface area contributed by atoms with E-state index in [1.54, 1.807) is 16.8 Å². The van der Waals surface area contributed by atoms with Crippen molar-refractivity contribution >= 4 is 33.4 Å². The third-order valence-corrected chi connectivity index (χ3v) is 7.81. The second kappa shape index (κ2) is 11.4. The number of hydrogen-bond acceptors (Lipinski definition) is 6. The average molecular weight is 511 g/mol. The van der Waals surface area contributed by atoms with Crippen LogP contribution in [0.3, 0.4) is 0 Å². The van der Waals surface area contributed by atoms with Gasteiger partial charge in [-0.3, -0.25) is 19.3 Å². The van der Waals surface area contributed by atoms with Crippen LogP contribution in [0.25, 0.3) is 10.2 Å². The number of nitrogens with one attached hydrogen (secondary N) is 1. The lowest BCUT2D eigenvalue weighted by Gasteiger charge is -2.32. The zero-order valence-electron chi connectivity index (χ0n) is 21.1. The first-order chi connectivity index (χ1) is 17.3. The molecule has 4 rings (SSSR count). The van der Waals surface area contributed by atoms with Crippen LogP contribution in [-0.2, 0) is 11.2 Å². The van der Waals surface area contributed by atoms with Crippen LogP contribution in [0.15, 0.2) is 47.3 Å². The molecule has 36 heavy (non-hydrogen) atoms. The minimum atomic E-state index is -0.360. The number of carbonyl (C=O) groups is 2. The summed E-state index contributed by atoms with van der Waals surface area (Å²) in [5, 5.41) is 10.0. The molecule has 2 heterocycles. The summed E-state index contributed by atoms with van der Waals surface area (Å²) in [5.74, 6) is -0.0821. The van der Waals surface area contributed by atoms with Crippen LogP contribution in [0.5, 0.6) is 0 Å². The van der Waals surface area contributed by atoms with Crippen LogP contribution >= 0.6 is 11.3 Å². The maximum atomic E-state index is 13.4. The van der Waals surface area contributed by atoms with Crippen LogP contribution in [0, 0.1) is 0 Å². The SMILES string of the molecule is CCN(CC)C(=O)c1cccc(C(CN2CC[C@H](O)C2)N(C)C(=O)Cc2ccc3sc(=O)[nH]c3c2)c1. The van der Waals surface area contributed by atoms with Crippen molar-refractivity contribution in [1.82, 2.24) is 19.7 Å². The van der Waals surface area contributed by atoms with Crippen molar-refractivity contribution in [3.05, 3.63) is 68.8 Å². The highest BCUT2D eigenvalue weighted by molar-refractivity contribution is 7.16. The van der Waals surface area contributed by atoms with E-state index in [4.69, 9.17) is 0 Å². The van der Waals surface area contributed by atoms with E-state index < -0.39 is 0 Å². The fourth-order valence-electron chi connectivity index (χ4n) is 4.83. The molecule has 0 spiro atoms. The molecule has 2 aromatic carbocycles. The van der Waals surface area contributed by atoms with Gasteiger partial charge in [-0.25, -0.2) is 0 Å². The molecule has 0 bridgehead atoms. The number of aliphatic hydroxyl groups is 1. The number of benzene rings is 2. The Kier molecular flexibility index (Phi) is 8.23. The van der Waals surface area contributed by atoms with Gasteiger partial charge in [-0.05, 0) is 55.7 Å². The molecule has 1 saturated heterocycles. The highest BCUT2D eigenvalue weighted by Crippen LogP contribution is 2.26. The zero-order chi connectivity index (χ0) is 25.8. The summed E-state index contributed by atoms with van der Waals surface area (Å²) >= 11 is 1.15. The van der Waals surface area contributed by atoms with Gasteiger partial charge in [-0.2, -0.15) is 0 Å². The predicted molar refractivity (Wildman–Crippen MR) is 142 cm³/mol. The molecule has 192 valence electrons. The number of aromatic nitrogens is 1. The van der Waals surface area contributed by atoms with Gasteiger partial charge in [-0.15, -0.1) is 0 Å². The number of hydrogen-bond donors (Lipinski definition) is 2. The van der Waals surface area contributed by atoms with Gasteiger partial charge in [0.05, 0.1) is 28.8 Å². The lowest BCUT2D eigenvalue weighted by Crippen LogP contribution is -2.39. The van der Waals surface area contributed by atoms with Crippen molar-refractivity contribution in [1.29, 1.82) is 0 Å². The number of rotatable bonds is 9. The molecule has 0 saturated carbocycles. The number of carbonyl (C=O) groups excluding carboxylic acids is 2. The van der Waals surface area contributed by atoms with E-state index >= 15 is 0 Å². The molecule has 0 aliphatic carbocycles. The Balaban J connectivity index is 1.59. The average Bonchev–Trinajstić information content (AvgIpc) is 3.46. The third kappa shape index (κ3) is 5.86. The fourth-order valence-corrected chi connectivity index (χ4v) is 5.55. The number of β-amino-alcohol motifs (C(OH)–C–C–N with tert-alkyl or cyclic N) is 1. The minimum Gasteiger partial charge on any atom is -0.392 e. The molecular formula is C27H34N4O4S. The van der Waals surface area contributed by atoms with E-state index in [9.17, 15) is 19.5 Å². The van der Waals surface area contributed by atoms with Crippen LogP contribution in [0.2, 0.25) is 0 Å². The Morgan fingerprint density at radius 2 is 1.97 bits per heavy atom. The van der Waals surface area contributed by atoms with Gasteiger partial charge in [0.2, 0.25) is 5.91 Å². The highest BCUT2D eigenvalue weighted by Gasteiger charge is 2.29. The molecule has 2 amide bonds. The van der Waals surface area contributed by atoms with E-state index in [0.29, 0.717) is 38.2 Å².